The molecule has 8 nitrogen and oxygen atoms in total. The SMILES string of the molecule is CC1(C(=O)NCCn2cc(C(=O)O)nn2)CCCNC1. The van der Waals surface area contributed by atoms with Crippen molar-refractivity contribution < 1.29 is 14.7 Å². The van der Waals surface area contributed by atoms with Gasteiger partial charge in [-0.05, 0) is 26.3 Å². The van der Waals surface area contributed by atoms with Crippen molar-refractivity contribution in [3.63, 3.8) is 0 Å². The van der Waals surface area contributed by atoms with Crippen LogP contribution < -0.4 is 10.6 Å². The Kier molecular flexibility index (Phi) is 4.33. The lowest BCUT2D eigenvalue weighted by Crippen LogP contribution is -2.49. The zero-order valence-corrected chi connectivity index (χ0v) is 11.4. The fourth-order valence-electron chi connectivity index (χ4n) is 2.25. The fourth-order valence-corrected chi connectivity index (χ4v) is 2.25. The summed E-state index contributed by atoms with van der Waals surface area (Å²) in [6, 6.07) is 0. The Morgan fingerprint density at radius 1 is 1.60 bits per heavy atom. The number of amides is 1. The third-order valence-electron chi connectivity index (χ3n) is 3.53. The van der Waals surface area contributed by atoms with Gasteiger partial charge in [0.15, 0.2) is 5.69 Å². The van der Waals surface area contributed by atoms with Crippen molar-refractivity contribution in [1.82, 2.24) is 25.6 Å². The molecule has 0 aromatic carbocycles. The molecule has 1 atom stereocenters. The first-order valence-corrected chi connectivity index (χ1v) is 6.64. The average molecular weight is 281 g/mol. The molecule has 2 heterocycles. The van der Waals surface area contributed by atoms with Crippen LogP contribution in [0.3, 0.4) is 0 Å². The van der Waals surface area contributed by atoms with E-state index in [1.54, 1.807) is 0 Å². The Morgan fingerprint density at radius 3 is 3.00 bits per heavy atom. The number of aromatic nitrogens is 3. The molecule has 0 aliphatic carbocycles. The number of rotatable bonds is 5. The first kappa shape index (κ1) is 14.4. The van der Waals surface area contributed by atoms with Crippen LogP contribution in [-0.2, 0) is 11.3 Å². The molecule has 0 bridgehead atoms. The van der Waals surface area contributed by atoms with Crippen molar-refractivity contribution in [2.45, 2.75) is 26.3 Å². The Morgan fingerprint density at radius 2 is 2.40 bits per heavy atom. The zero-order valence-electron chi connectivity index (χ0n) is 11.4. The van der Waals surface area contributed by atoms with Crippen LogP contribution in [0.1, 0.15) is 30.3 Å². The van der Waals surface area contributed by atoms with Crippen LogP contribution >= 0.6 is 0 Å². The minimum atomic E-state index is -1.11. The second-order valence-corrected chi connectivity index (χ2v) is 5.27. The summed E-state index contributed by atoms with van der Waals surface area (Å²) in [4.78, 5) is 22.8. The molecule has 1 amide bonds. The molecule has 20 heavy (non-hydrogen) atoms. The number of aromatic carboxylic acids is 1. The minimum Gasteiger partial charge on any atom is -0.476 e. The van der Waals surface area contributed by atoms with Gasteiger partial charge < -0.3 is 15.7 Å². The summed E-state index contributed by atoms with van der Waals surface area (Å²) in [5.41, 5.74) is -0.466. The van der Waals surface area contributed by atoms with Gasteiger partial charge in [-0.25, -0.2) is 9.48 Å². The van der Waals surface area contributed by atoms with E-state index in [-0.39, 0.29) is 17.0 Å². The highest BCUT2D eigenvalue weighted by molar-refractivity contribution is 5.84. The predicted molar refractivity (Wildman–Crippen MR) is 70.2 cm³/mol. The first-order chi connectivity index (χ1) is 9.51. The van der Waals surface area contributed by atoms with Gasteiger partial charge in [0.25, 0.3) is 0 Å². The second kappa shape index (κ2) is 6.00. The zero-order chi connectivity index (χ0) is 14.6. The molecule has 8 heteroatoms. The number of carbonyl (C=O) groups excluding carboxylic acids is 1. The topological polar surface area (TPSA) is 109 Å². The summed E-state index contributed by atoms with van der Waals surface area (Å²) in [6.07, 6.45) is 3.21. The van der Waals surface area contributed by atoms with Crippen molar-refractivity contribution in [2.24, 2.45) is 5.41 Å². The van der Waals surface area contributed by atoms with Crippen LogP contribution in [0.4, 0.5) is 0 Å². The predicted octanol–water partition coefficient (Wildman–Crippen LogP) is -0.518. The smallest absolute Gasteiger partial charge is 0.358 e. The van der Waals surface area contributed by atoms with Crippen molar-refractivity contribution in [1.29, 1.82) is 0 Å². The van der Waals surface area contributed by atoms with Crippen molar-refractivity contribution in [2.75, 3.05) is 19.6 Å². The summed E-state index contributed by atoms with van der Waals surface area (Å²) in [5.74, 6) is -1.09. The maximum absolute atomic E-state index is 12.1. The van der Waals surface area contributed by atoms with Gasteiger partial charge >= 0.3 is 5.97 Å². The lowest BCUT2D eigenvalue weighted by Gasteiger charge is -2.32. The molecule has 1 aliphatic heterocycles. The maximum Gasteiger partial charge on any atom is 0.358 e. The van der Waals surface area contributed by atoms with Gasteiger partial charge in [-0.15, -0.1) is 5.10 Å². The molecular weight excluding hydrogens is 262 g/mol. The Hall–Kier alpha value is -1.96. The highest BCUT2D eigenvalue weighted by Gasteiger charge is 2.34. The number of hydrogen-bond acceptors (Lipinski definition) is 5. The van der Waals surface area contributed by atoms with E-state index in [2.05, 4.69) is 20.9 Å². The number of carbonyl (C=O) groups is 2. The number of hydrogen-bond donors (Lipinski definition) is 3. The van der Waals surface area contributed by atoms with E-state index in [0.29, 0.717) is 19.6 Å². The van der Waals surface area contributed by atoms with Crippen molar-refractivity contribution >= 4 is 11.9 Å². The molecule has 1 fully saturated rings. The van der Waals surface area contributed by atoms with Gasteiger partial charge in [0.05, 0.1) is 18.2 Å². The first-order valence-electron chi connectivity index (χ1n) is 6.64. The number of nitrogens with one attached hydrogen (secondary N) is 2. The van der Waals surface area contributed by atoms with Gasteiger partial charge in [-0.1, -0.05) is 5.21 Å². The Balaban J connectivity index is 1.80. The van der Waals surface area contributed by atoms with E-state index < -0.39 is 5.97 Å². The highest BCUT2D eigenvalue weighted by atomic mass is 16.4. The molecule has 1 unspecified atom stereocenters. The largest absolute Gasteiger partial charge is 0.476 e. The van der Waals surface area contributed by atoms with Gasteiger partial charge in [0.1, 0.15) is 0 Å². The summed E-state index contributed by atoms with van der Waals surface area (Å²) >= 11 is 0. The standard InChI is InChI=1S/C12H19N5O3/c1-12(3-2-4-13-8-12)11(20)14-5-6-17-7-9(10(18)19)15-16-17/h7,13H,2-6,8H2,1H3,(H,14,20)(H,18,19). The molecule has 0 radical (unpaired) electrons. The molecule has 1 saturated heterocycles. The normalized spacial score (nSPS) is 22.4. The number of carboxylic acid groups (broad SMARTS) is 1. The molecule has 1 aromatic heterocycles. The molecule has 1 aliphatic rings. The molecule has 2 rings (SSSR count). The number of nitrogens with zero attached hydrogens (tertiary/aromatic N) is 3. The average Bonchev–Trinajstić information content (AvgIpc) is 2.88. The van der Waals surface area contributed by atoms with Gasteiger partial charge in [-0.2, -0.15) is 0 Å². The van der Waals surface area contributed by atoms with Crippen LogP contribution in [0.15, 0.2) is 6.20 Å². The molecule has 1 aromatic rings. The number of piperidine rings is 1. The Labute approximate surface area is 116 Å². The summed E-state index contributed by atoms with van der Waals surface area (Å²) in [5, 5.41) is 22.0. The van der Waals surface area contributed by atoms with E-state index in [0.717, 1.165) is 19.4 Å². The van der Waals surface area contributed by atoms with Crippen LogP contribution in [-0.4, -0.2) is 51.6 Å². The summed E-state index contributed by atoms with van der Waals surface area (Å²) in [7, 11) is 0. The second-order valence-electron chi connectivity index (χ2n) is 5.27. The van der Waals surface area contributed by atoms with E-state index >= 15 is 0 Å². The molecular formula is C12H19N5O3. The van der Waals surface area contributed by atoms with Gasteiger partial charge in [-0.3, -0.25) is 4.79 Å². The van der Waals surface area contributed by atoms with E-state index in [4.69, 9.17) is 5.11 Å². The monoisotopic (exact) mass is 281 g/mol. The third kappa shape index (κ3) is 3.32. The summed E-state index contributed by atoms with van der Waals surface area (Å²) in [6.45, 7) is 4.39. The van der Waals surface area contributed by atoms with Crippen molar-refractivity contribution in [3.05, 3.63) is 11.9 Å². The van der Waals surface area contributed by atoms with Crippen LogP contribution in [0.25, 0.3) is 0 Å². The molecule has 0 saturated carbocycles. The number of carboxylic acids is 1. The molecule has 3 N–H and O–H groups in total. The quantitative estimate of drug-likeness (QED) is 0.670. The van der Waals surface area contributed by atoms with Gasteiger partial charge in [0.2, 0.25) is 5.91 Å². The molecule has 0 spiro atoms. The summed E-state index contributed by atoms with van der Waals surface area (Å²) < 4.78 is 1.41. The minimum absolute atomic E-state index is 0.0169. The lowest BCUT2D eigenvalue weighted by atomic mass is 9.82. The van der Waals surface area contributed by atoms with Crippen LogP contribution in [0.5, 0.6) is 0 Å². The van der Waals surface area contributed by atoms with Crippen molar-refractivity contribution in [3.8, 4) is 0 Å². The van der Waals surface area contributed by atoms with Gasteiger partial charge in [0, 0.05) is 13.1 Å². The van der Waals surface area contributed by atoms with E-state index in [1.807, 2.05) is 6.92 Å². The van der Waals surface area contributed by atoms with E-state index in [1.165, 1.54) is 10.9 Å². The third-order valence-corrected chi connectivity index (χ3v) is 3.53. The highest BCUT2D eigenvalue weighted by Crippen LogP contribution is 2.25. The molecule has 110 valence electrons. The van der Waals surface area contributed by atoms with Crippen LogP contribution in [0, 0.1) is 5.41 Å². The van der Waals surface area contributed by atoms with Crippen LogP contribution in [0.2, 0.25) is 0 Å². The lowest BCUT2D eigenvalue weighted by molar-refractivity contribution is -0.131. The van der Waals surface area contributed by atoms with E-state index in [9.17, 15) is 9.59 Å². The Bertz CT molecular complexity index is 493. The maximum atomic E-state index is 12.1. The fraction of sp³-hybridized carbons (Fsp3) is 0.667.